The van der Waals surface area contributed by atoms with Gasteiger partial charge in [-0.15, -0.1) is 0 Å². The lowest BCUT2D eigenvalue weighted by Gasteiger charge is -2.24. The van der Waals surface area contributed by atoms with Gasteiger partial charge in [-0.25, -0.2) is 0 Å². The fourth-order valence-corrected chi connectivity index (χ4v) is 2.85. The Hall–Kier alpha value is -0.610. The molecule has 2 aliphatic rings. The molecule has 4 nitrogen and oxygen atoms in total. The molecule has 4 heteroatoms. The van der Waals surface area contributed by atoms with Gasteiger partial charge in [0.15, 0.2) is 0 Å². The maximum absolute atomic E-state index is 10.8. The third-order valence-corrected chi connectivity index (χ3v) is 3.86. The molecule has 1 N–H and O–H groups in total. The van der Waals surface area contributed by atoms with Gasteiger partial charge in [0.1, 0.15) is 0 Å². The Kier molecular flexibility index (Phi) is 3.82. The van der Waals surface area contributed by atoms with E-state index in [-0.39, 0.29) is 5.92 Å². The minimum atomic E-state index is -0.676. The van der Waals surface area contributed by atoms with Gasteiger partial charge in [-0.05, 0) is 38.9 Å². The van der Waals surface area contributed by atoms with Gasteiger partial charge in [0, 0.05) is 19.1 Å². The van der Waals surface area contributed by atoms with Gasteiger partial charge in [-0.3, -0.25) is 9.69 Å². The smallest absolute Gasteiger partial charge is 0.307 e. The molecule has 0 amide bonds. The Morgan fingerprint density at radius 1 is 1.38 bits per heavy atom. The Balaban J connectivity index is 1.76. The Morgan fingerprint density at radius 2 is 2.06 bits per heavy atom. The van der Waals surface area contributed by atoms with Crippen molar-refractivity contribution in [3.05, 3.63) is 0 Å². The highest BCUT2D eigenvalue weighted by atomic mass is 16.4. The first-order chi connectivity index (χ1) is 7.66. The Labute approximate surface area is 97.2 Å². The molecule has 0 radical (unpaired) electrons. The maximum Gasteiger partial charge on any atom is 0.307 e. The normalized spacial score (nSPS) is 29.7. The summed E-state index contributed by atoms with van der Waals surface area (Å²) in [6.45, 7) is 7.13. The van der Waals surface area contributed by atoms with E-state index in [1.165, 1.54) is 32.4 Å². The van der Waals surface area contributed by atoms with Crippen molar-refractivity contribution in [3.8, 4) is 0 Å². The second-order valence-corrected chi connectivity index (χ2v) is 5.18. The molecule has 2 fully saturated rings. The molecule has 16 heavy (non-hydrogen) atoms. The molecule has 2 saturated heterocycles. The fourth-order valence-electron chi connectivity index (χ4n) is 2.85. The summed E-state index contributed by atoms with van der Waals surface area (Å²) in [5.41, 5.74) is 0. The van der Waals surface area contributed by atoms with Crippen LogP contribution in [0.25, 0.3) is 0 Å². The van der Waals surface area contributed by atoms with Crippen LogP contribution in [-0.2, 0) is 4.79 Å². The third-order valence-electron chi connectivity index (χ3n) is 3.86. The van der Waals surface area contributed by atoms with Crippen molar-refractivity contribution >= 4 is 5.97 Å². The van der Waals surface area contributed by atoms with Crippen LogP contribution in [0.5, 0.6) is 0 Å². The van der Waals surface area contributed by atoms with Gasteiger partial charge in [0.05, 0.1) is 5.92 Å². The predicted octanol–water partition coefficient (Wildman–Crippen LogP) is 0.877. The summed E-state index contributed by atoms with van der Waals surface area (Å²) in [4.78, 5) is 15.7. The number of aliphatic carboxylic acids is 1. The molecule has 0 saturated carbocycles. The van der Waals surface area contributed by atoms with E-state index in [9.17, 15) is 4.79 Å². The first-order valence-electron chi connectivity index (χ1n) is 6.36. The summed E-state index contributed by atoms with van der Waals surface area (Å²) in [5, 5.41) is 8.88. The molecule has 2 atom stereocenters. The molecule has 0 aromatic rings. The van der Waals surface area contributed by atoms with Crippen LogP contribution < -0.4 is 0 Å². The van der Waals surface area contributed by atoms with E-state index in [4.69, 9.17) is 5.11 Å². The molecular formula is C12H22N2O2. The molecule has 2 unspecified atom stereocenters. The zero-order valence-electron chi connectivity index (χ0n) is 10.1. The van der Waals surface area contributed by atoms with Crippen molar-refractivity contribution in [3.63, 3.8) is 0 Å². The van der Waals surface area contributed by atoms with E-state index < -0.39 is 5.97 Å². The molecular weight excluding hydrogens is 204 g/mol. The number of carboxylic acid groups (broad SMARTS) is 1. The number of carbonyl (C=O) groups is 1. The Bertz CT molecular complexity index is 251. The van der Waals surface area contributed by atoms with E-state index in [1.54, 1.807) is 6.92 Å². The van der Waals surface area contributed by atoms with Crippen LogP contribution in [0.15, 0.2) is 0 Å². The SMILES string of the molecule is CC(CN1CCC(N2CCCC2)C1)C(=O)O. The monoisotopic (exact) mass is 226 g/mol. The number of nitrogens with zero attached hydrogens (tertiary/aromatic N) is 2. The first-order valence-corrected chi connectivity index (χ1v) is 6.36. The summed E-state index contributed by atoms with van der Waals surface area (Å²) in [7, 11) is 0. The van der Waals surface area contributed by atoms with Crippen LogP contribution in [-0.4, -0.2) is 59.6 Å². The molecule has 0 aromatic carbocycles. The average molecular weight is 226 g/mol. The van der Waals surface area contributed by atoms with Crippen molar-refractivity contribution in [2.45, 2.75) is 32.2 Å². The van der Waals surface area contributed by atoms with Gasteiger partial charge in [0.2, 0.25) is 0 Å². The topological polar surface area (TPSA) is 43.8 Å². The van der Waals surface area contributed by atoms with E-state index in [2.05, 4.69) is 9.80 Å². The maximum atomic E-state index is 10.8. The number of hydrogen-bond acceptors (Lipinski definition) is 3. The zero-order valence-corrected chi connectivity index (χ0v) is 10.1. The summed E-state index contributed by atoms with van der Waals surface area (Å²) < 4.78 is 0. The van der Waals surface area contributed by atoms with E-state index in [0.29, 0.717) is 12.6 Å². The number of likely N-dealkylation sites (tertiary alicyclic amines) is 2. The zero-order chi connectivity index (χ0) is 11.5. The van der Waals surface area contributed by atoms with Crippen molar-refractivity contribution in [2.75, 3.05) is 32.7 Å². The van der Waals surface area contributed by atoms with Gasteiger partial charge in [0.25, 0.3) is 0 Å². The lowest BCUT2D eigenvalue weighted by atomic mass is 10.2. The summed E-state index contributed by atoms with van der Waals surface area (Å²) in [6, 6.07) is 0.684. The van der Waals surface area contributed by atoms with Crippen LogP contribution in [0, 0.1) is 5.92 Å². The highest BCUT2D eigenvalue weighted by Gasteiger charge is 2.30. The molecule has 0 aliphatic carbocycles. The van der Waals surface area contributed by atoms with Gasteiger partial charge in [-0.1, -0.05) is 6.92 Å². The van der Waals surface area contributed by atoms with Gasteiger partial charge < -0.3 is 10.0 Å². The first kappa shape index (κ1) is 11.9. The number of rotatable bonds is 4. The summed E-state index contributed by atoms with van der Waals surface area (Å²) in [5.74, 6) is -0.915. The van der Waals surface area contributed by atoms with E-state index in [1.807, 2.05) is 0 Å². The van der Waals surface area contributed by atoms with E-state index in [0.717, 1.165) is 13.1 Å². The van der Waals surface area contributed by atoms with Crippen molar-refractivity contribution in [2.24, 2.45) is 5.92 Å². The van der Waals surface area contributed by atoms with Crippen LogP contribution in [0.2, 0.25) is 0 Å². The van der Waals surface area contributed by atoms with Crippen molar-refractivity contribution < 1.29 is 9.90 Å². The lowest BCUT2D eigenvalue weighted by molar-refractivity contribution is -0.141. The molecule has 0 bridgehead atoms. The van der Waals surface area contributed by atoms with E-state index >= 15 is 0 Å². The third kappa shape index (κ3) is 2.74. The van der Waals surface area contributed by atoms with Crippen LogP contribution >= 0.6 is 0 Å². The average Bonchev–Trinajstić information content (AvgIpc) is 2.85. The quantitative estimate of drug-likeness (QED) is 0.773. The molecule has 0 aromatic heterocycles. The number of hydrogen-bond donors (Lipinski definition) is 1. The standard InChI is InChI=1S/C12H22N2O2/c1-10(12(15)16)8-13-7-4-11(9-13)14-5-2-3-6-14/h10-11H,2-9H2,1H3,(H,15,16). The highest BCUT2D eigenvalue weighted by Crippen LogP contribution is 2.20. The summed E-state index contributed by atoms with van der Waals surface area (Å²) >= 11 is 0. The predicted molar refractivity (Wildman–Crippen MR) is 62.5 cm³/mol. The molecule has 92 valence electrons. The minimum Gasteiger partial charge on any atom is -0.481 e. The van der Waals surface area contributed by atoms with Gasteiger partial charge >= 0.3 is 5.97 Å². The van der Waals surface area contributed by atoms with Gasteiger partial charge in [-0.2, -0.15) is 0 Å². The highest BCUT2D eigenvalue weighted by molar-refractivity contribution is 5.69. The van der Waals surface area contributed by atoms with Crippen LogP contribution in [0.4, 0.5) is 0 Å². The van der Waals surface area contributed by atoms with Crippen LogP contribution in [0.3, 0.4) is 0 Å². The minimum absolute atomic E-state index is 0.239. The Morgan fingerprint density at radius 3 is 2.69 bits per heavy atom. The largest absolute Gasteiger partial charge is 0.481 e. The second kappa shape index (κ2) is 5.15. The molecule has 2 rings (SSSR count). The second-order valence-electron chi connectivity index (χ2n) is 5.18. The molecule has 2 aliphatic heterocycles. The van der Waals surface area contributed by atoms with Crippen LogP contribution in [0.1, 0.15) is 26.2 Å². The molecule has 0 spiro atoms. The van der Waals surface area contributed by atoms with Crippen molar-refractivity contribution in [1.82, 2.24) is 9.80 Å². The fraction of sp³-hybridized carbons (Fsp3) is 0.917. The summed E-state index contributed by atoms with van der Waals surface area (Å²) in [6.07, 6.45) is 3.89. The molecule has 2 heterocycles. The number of carboxylic acids is 1. The van der Waals surface area contributed by atoms with Crippen molar-refractivity contribution in [1.29, 1.82) is 0 Å². The lowest BCUT2D eigenvalue weighted by Crippen LogP contribution is -2.37.